The minimum atomic E-state index is -0.388. The standard InChI is InChI=1S/C35H35N7O3/c1-37-32(36)16-17-38-34(44)30-19-29(22-41(30)2)40-35(45)31-20-28(21-42(31)3)39-33(43)26-14-10-23(11-15-26)8-9-24-12-13-25-6-4-5-7-27(25)18-24/h4-15,18-22H,16-17H2,1-3H3,(H2,36,37)(H,38,44)(H,39,43)(H,40,45). The number of benzene rings is 3. The highest BCUT2D eigenvalue weighted by Crippen LogP contribution is 2.20. The molecule has 5 N–H and O–H groups in total. The highest BCUT2D eigenvalue weighted by Gasteiger charge is 2.17. The lowest BCUT2D eigenvalue weighted by molar-refractivity contribution is 0.0945. The quantitative estimate of drug-likeness (QED) is 0.0820. The molecular weight excluding hydrogens is 566 g/mol. The molecule has 0 atom stereocenters. The molecule has 5 rings (SSSR count). The molecule has 2 aromatic heterocycles. The Morgan fingerprint density at radius 2 is 1.29 bits per heavy atom. The molecule has 0 radical (unpaired) electrons. The summed E-state index contributed by atoms with van der Waals surface area (Å²) in [6.45, 7) is 0.316. The van der Waals surface area contributed by atoms with Crippen LogP contribution in [0, 0.1) is 5.41 Å². The number of anilines is 2. The van der Waals surface area contributed by atoms with Gasteiger partial charge in [-0.1, -0.05) is 60.7 Å². The van der Waals surface area contributed by atoms with E-state index in [9.17, 15) is 14.4 Å². The number of aryl methyl sites for hydroxylation is 2. The average molecular weight is 602 g/mol. The van der Waals surface area contributed by atoms with Gasteiger partial charge < -0.3 is 30.4 Å². The molecule has 0 unspecified atom stereocenters. The zero-order valence-electron chi connectivity index (χ0n) is 25.3. The van der Waals surface area contributed by atoms with Crippen LogP contribution >= 0.6 is 0 Å². The van der Waals surface area contributed by atoms with Gasteiger partial charge in [-0.15, -0.1) is 0 Å². The summed E-state index contributed by atoms with van der Waals surface area (Å²) in [5.74, 6) is -0.659. The fourth-order valence-electron chi connectivity index (χ4n) is 4.88. The van der Waals surface area contributed by atoms with Crippen molar-refractivity contribution in [3.8, 4) is 0 Å². The van der Waals surface area contributed by atoms with Crippen molar-refractivity contribution >= 4 is 57.9 Å². The molecule has 5 aromatic rings. The van der Waals surface area contributed by atoms with Crippen LogP contribution in [0.3, 0.4) is 0 Å². The summed E-state index contributed by atoms with van der Waals surface area (Å²) in [5.41, 5.74) is 4.19. The topological polar surface area (TPSA) is 133 Å². The second-order valence-corrected chi connectivity index (χ2v) is 10.7. The number of hydrogen-bond donors (Lipinski definition) is 5. The van der Waals surface area contributed by atoms with Crippen LogP contribution in [0.15, 0.2) is 91.3 Å². The smallest absolute Gasteiger partial charge is 0.272 e. The molecule has 10 heteroatoms. The van der Waals surface area contributed by atoms with Crippen molar-refractivity contribution in [2.45, 2.75) is 6.42 Å². The molecule has 0 fully saturated rings. The number of rotatable bonds is 10. The zero-order chi connectivity index (χ0) is 31.9. The number of hydrogen-bond acceptors (Lipinski definition) is 4. The molecule has 0 saturated carbocycles. The molecule has 0 spiro atoms. The molecule has 45 heavy (non-hydrogen) atoms. The van der Waals surface area contributed by atoms with Crippen molar-refractivity contribution in [1.82, 2.24) is 19.8 Å². The summed E-state index contributed by atoms with van der Waals surface area (Å²) in [6, 6.07) is 25.0. The van der Waals surface area contributed by atoms with E-state index in [1.807, 2.05) is 36.4 Å². The van der Waals surface area contributed by atoms with Crippen LogP contribution in [0.5, 0.6) is 0 Å². The third-order valence-corrected chi connectivity index (χ3v) is 7.37. The fraction of sp³-hybridized carbons (Fsp3) is 0.143. The predicted octanol–water partition coefficient (Wildman–Crippen LogP) is 5.51. The van der Waals surface area contributed by atoms with E-state index in [1.54, 1.807) is 66.9 Å². The normalized spacial score (nSPS) is 11.0. The SMILES string of the molecule is CNC(=N)CCNC(=O)c1cc(NC(=O)c2cc(NC(=O)c3ccc(C=Cc4ccc5ccccc5c4)cc3)cn2C)cn1C. The summed E-state index contributed by atoms with van der Waals surface area (Å²) in [6.07, 6.45) is 7.75. The maximum absolute atomic E-state index is 13.0. The lowest BCUT2D eigenvalue weighted by Crippen LogP contribution is -2.29. The van der Waals surface area contributed by atoms with Gasteiger partial charge in [0.1, 0.15) is 11.4 Å². The first-order valence-corrected chi connectivity index (χ1v) is 14.5. The maximum Gasteiger partial charge on any atom is 0.272 e. The lowest BCUT2D eigenvalue weighted by atomic mass is 10.1. The third kappa shape index (κ3) is 7.55. The van der Waals surface area contributed by atoms with Gasteiger partial charge in [-0.25, -0.2) is 0 Å². The number of fused-ring (bicyclic) bond motifs is 1. The monoisotopic (exact) mass is 601 g/mol. The first kappa shape index (κ1) is 30.6. The van der Waals surface area contributed by atoms with Gasteiger partial charge in [-0.05, 0) is 52.2 Å². The number of nitrogens with one attached hydrogen (secondary N) is 5. The first-order chi connectivity index (χ1) is 21.7. The number of nitrogens with zero attached hydrogens (tertiary/aromatic N) is 2. The second-order valence-electron chi connectivity index (χ2n) is 10.7. The Morgan fingerprint density at radius 3 is 1.96 bits per heavy atom. The van der Waals surface area contributed by atoms with Crippen LogP contribution in [-0.2, 0) is 14.1 Å². The van der Waals surface area contributed by atoms with Crippen LogP contribution in [0.4, 0.5) is 11.4 Å². The van der Waals surface area contributed by atoms with Gasteiger partial charge in [-0.3, -0.25) is 19.8 Å². The molecule has 3 amide bonds. The van der Waals surface area contributed by atoms with Gasteiger partial charge in [0.25, 0.3) is 17.7 Å². The van der Waals surface area contributed by atoms with Crippen LogP contribution in [0.2, 0.25) is 0 Å². The summed E-state index contributed by atoms with van der Waals surface area (Å²) >= 11 is 0. The van der Waals surface area contributed by atoms with Crippen molar-refractivity contribution in [3.05, 3.63) is 119 Å². The van der Waals surface area contributed by atoms with Gasteiger partial charge >= 0.3 is 0 Å². The van der Waals surface area contributed by atoms with Crippen molar-refractivity contribution in [1.29, 1.82) is 5.41 Å². The van der Waals surface area contributed by atoms with E-state index in [2.05, 4.69) is 51.6 Å². The van der Waals surface area contributed by atoms with Crippen LogP contribution in [0.25, 0.3) is 22.9 Å². The maximum atomic E-state index is 13.0. The van der Waals surface area contributed by atoms with Crippen molar-refractivity contribution in [3.63, 3.8) is 0 Å². The minimum Gasteiger partial charge on any atom is -0.377 e. The average Bonchev–Trinajstić information content (AvgIpc) is 3.60. The summed E-state index contributed by atoms with van der Waals surface area (Å²) in [4.78, 5) is 38.5. The minimum absolute atomic E-state index is 0.291. The Kier molecular flexibility index (Phi) is 9.23. The molecular formula is C35H35N7O3. The van der Waals surface area contributed by atoms with Gasteiger partial charge in [0.05, 0.1) is 17.2 Å². The Labute approximate surface area is 261 Å². The molecule has 10 nitrogen and oxygen atoms in total. The van der Waals surface area contributed by atoms with E-state index in [4.69, 9.17) is 5.41 Å². The molecule has 0 bridgehead atoms. The molecule has 2 heterocycles. The van der Waals surface area contributed by atoms with Crippen LogP contribution in [-0.4, -0.2) is 46.3 Å². The number of amidine groups is 1. The summed E-state index contributed by atoms with van der Waals surface area (Å²) in [7, 11) is 5.09. The van der Waals surface area contributed by atoms with E-state index in [0.29, 0.717) is 47.1 Å². The highest BCUT2D eigenvalue weighted by atomic mass is 16.2. The first-order valence-electron chi connectivity index (χ1n) is 14.5. The van der Waals surface area contributed by atoms with E-state index in [1.165, 1.54) is 10.8 Å². The second kappa shape index (κ2) is 13.6. The molecule has 0 aliphatic rings. The lowest BCUT2D eigenvalue weighted by Gasteiger charge is -2.06. The Hall–Kier alpha value is -5.90. The summed E-state index contributed by atoms with van der Waals surface area (Å²) < 4.78 is 3.24. The highest BCUT2D eigenvalue weighted by molar-refractivity contribution is 6.07. The van der Waals surface area contributed by atoms with Gasteiger partial charge in [0.15, 0.2) is 0 Å². The van der Waals surface area contributed by atoms with Crippen LogP contribution < -0.4 is 21.3 Å². The number of carbonyl (C=O) groups excluding carboxylic acids is 3. The van der Waals surface area contributed by atoms with E-state index in [-0.39, 0.29) is 17.7 Å². The van der Waals surface area contributed by atoms with Crippen LogP contribution in [0.1, 0.15) is 48.9 Å². The van der Waals surface area contributed by atoms with Gasteiger partial charge in [-0.2, -0.15) is 0 Å². The molecule has 0 aliphatic carbocycles. The number of aromatic nitrogens is 2. The van der Waals surface area contributed by atoms with Gasteiger partial charge in [0, 0.05) is 52.1 Å². The van der Waals surface area contributed by atoms with Gasteiger partial charge in [0.2, 0.25) is 0 Å². The Morgan fingerprint density at radius 1 is 0.711 bits per heavy atom. The summed E-state index contributed by atoms with van der Waals surface area (Å²) in [5, 5.41) is 21.2. The fourth-order valence-corrected chi connectivity index (χ4v) is 4.88. The van der Waals surface area contributed by atoms with E-state index >= 15 is 0 Å². The van der Waals surface area contributed by atoms with Crippen molar-refractivity contribution in [2.75, 3.05) is 24.2 Å². The molecule has 0 aliphatic heterocycles. The molecule has 228 valence electrons. The Balaban J connectivity index is 1.17. The Bertz CT molecular complexity index is 1920. The zero-order valence-corrected chi connectivity index (χ0v) is 25.3. The van der Waals surface area contributed by atoms with Crippen molar-refractivity contribution in [2.24, 2.45) is 14.1 Å². The number of amides is 3. The predicted molar refractivity (Wildman–Crippen MR) is 180 cm³/mol. The largest absolute Gasteiger partial charge is 0.377 e. The number of carbonyl (C=O) groups is 3. The van der Waals surface area contributed by atoms with E-state index < -0.39 is 0 Å². The third-order valence-electron chi connectivity index (χ3n) is 7.37. The van der Waals surface area contributed by atoms with E-state index in [0.717, 1.165) is 11.1 Å². The van der Waals surface area contributed by atoms with Crippen molar-refractivity contribution < 1.29 is 14.4 Å². The molecule has 3 aromatic carbocycles. The molecule has 0 saturated heterocycles.